The van der Waals surface area contributed by atoms with E-state index in [2.05, 4.69) is 10.1 Å². The van der Waals surface area contributed by atoms with Gasteiger partial charge in [0.1, 0.15) is 0 Å². The first-order valence-corrected chi connectivity index (χ1v) is 3.27. The molecule has 1 N–H and O–H groups in total. The fraction of sp³-hybridized carbons (Fsp3) is 1.00. The normalized spacial score (nSPS) is 10.9. The van der Waals surface area contributed by atoms with E-state index in [-0.39, 0.29) is 8.61 Å². The summed E-state index contributed by atoms with van der Waals surface area (Å²) in [6.07, 6.45) is 0. The Hall–Kier alpha value is 0.0200. The van der Waals surface area contributed by atoms with Crippen LogP contribution in [-0.2, 0) is 9.40 Å². The van der Waals surface area contributed by atoms with Crippen LogP contribution >= 0.6 is 8.61 Å². The van der Waals surface area contributed by atoms with Crippen LogP contribution in [0.4, 0.5) is 0 Å². The maximum absolute atomic E-state index is 9.65. The molecule has 0 atom stereocenters. The van der Waals surface area contributed by atoms with Crippen molar-refractivity contribution in [1.29, 1.82) is 0 Å². The Labute approximate surface area is 50.6 Å². The van der Waals surface area contributed by atoms with Gasteiger partial charge in [-0.15, -0.1) is 5.25 Å². The van der Waals surface area contributed by atoms with Gasteiger partial charge in [0.05, 0.1) is 6.61 Å². The largest absolute Gasteiger partial charge is 0.291 e. The van der Waals surface area contributed by atoms with E-state index in [1.165, 1.54) is 0 Å². The number of nitrogens with one attached hydrogen (secondary N) is 1. The summed E-state index contributed by atoms with van der Waals surface area (Å²) in [5.41, 5.74) is 0. The standard InChI is InChI=1S/C4H10NO2P/c1-4(2)3-7-5-8-6/h4H,3H2,1-2H3,(H,5,6). The lowest BCUT2D eigenvalue weighted by Crippen LogP contribution is -2.07. The van der Waals surface area contributed by atoms with Crippen LogP contribution < -0.4 is 5.25 Å². The molecule has 0 aromatic heterocycles. The van der Waals surface area contributed by atoms with Gasteiger partial charge in [0, 0.05) is 0 Å². The van der Waals surface area contributed by atoms with Gasteiger partial charge >= 0.3 is 0 Å². The summed E-state index contributed by atoms with van der Waals surface area (Å²) in [5.74, 6) is 0.476. The molecule has 0 amide bonds. The van der Waals surface area contributed by atoms with E-state index >= 15 is 0 Å². The fourth-order valence-corrected chi connectivity index (χ4v) is 0.358. The summed E-state index contributed by atoms with van der Waals surface area (Å²) >= 11 is 0. The molecular formula is C4H10NO2P. The van der Waals surface area contributed by atoms with E-state index in [1.807, 2.05) is 13.8 Å². The summed E-state index contributed by atoms with van der Waals surface area (Å²) < 4.78 is 9.65. The first-order chi connectivity index (χ1) is 3.77. The Kier molecular flexibility index (Phi) is 5.18. The molecule has 0 aliphatic rings. The van der Waals surface area contributed by atoms with E-state index in [4.69, 9.17) is 0 Å². The molecule has 8 heavy (non-hydrogen) atoms. The van der Waals surface area contributed by atoms with E-state index < -0.39 is 0 Å². The molecule has 0 rings (SSSR count). The van der Waals surface area contributed by atoms with Crippen molar-refractivity contribution >= 4 is 8.61 Å². The lowest BCUT2D eigenvalue weighted by molar-refractivity contribution is 0.0749. The zero-order valence-electron chi connectivity index (χ0n) is 5.05. The third-order valence-corrected chi connectivity index (χ3v) is 0.722. The topological polar surface area (TPSA) is 38.3 Å². The molecule has 0 bridgehead atoms. The molecule has 0 aliphatic heterocycles. The zero-order valence-corrected chi connectivity index (χ0v) is 5.94. The van der Waals surface area contributed by atoms with E-state index in [9.17, 15) is 4.57 Å². The molecule has 0 unspecified atom stereocenters. The molecule has 48 valence electrons. The molecule has 0 fully saturated rings. The highest BCUT2D eigenvalue weighted by Gasteiger charge is 1.90. The van der Waals surface area contributed by atoms with Gasteiger partial charge < -0.3 is 0 Å². The van der Waals surface area contributed by atoms with Crippen molar-refractivity contribution in [3.05, 3.63) is 0 Å². The minimum absolute atomic E-state index is 0.172. The average molecular weight is 135 g/mol. The quantitative estimate of drug-likeness (QED) is 0.359. The van der Waals surface area contributed by atoms with Gasteiger partial charge in [0.2, 0.25) is 0 Å². The molecule has 0 aromatic rings. The predicted octanol–water partition coefficient (Wildman–Crippen LogP) is 1.37. The van der Waals surface area contributed by atoms with Crippen molar-refractivity contribution < 1.29 is 9.40 Å². The molecule has 0 saturated carbocycles. The Bertz CT molecular complexity index is 67.1. The van der Waals surface area contributed by atoms with Crippen LogP contribution in [0, 0.1) is 5.92 Å². The maximum Gasteiger partial charge on any atom is 0.271 e. The summed E-state index contributed by atoms with van der Waals surface area (Å²) in [6, 6.07) is 0. The van der Waals surface area contributed by atoms with Gasteiger partial charge in [0.15, 0.2) is 0 Å². The van der Waals surface area contributed by atoms with Crippen LogP contribution in [0.2, 0.25) is 0 Å². The molecule has 3 nitrogen and oxygen atoms in total. The molecule has 0 aromatic carbocycles. The van der Waals surface area contributed by atoms with Crippen LogP contribution in [0.25, 0.3) is 0 Å². The third-order valence-electron chi connectivity index (χ3n) is 0.518. The zero-order chi connectivity index (χ0) is 6.41. The molecule has 0 saturated heterocycles. The Balaban J connectivity index is 2.81. The van der Waals surface area contributed by atoms with Crippen molar-refractivity contribution in [3.8, 4) is 0 Å². The number of hydrogen-bond donors (Lipinski definition) is 1. The lowest BCUT2D eigenvalue weighted by atomic mass is 10.2. The second kappa shape index (κ2) is 5.16. The van der Waals surface area contributed by atoms with Gasteiger partial charge in [-0.1, -0.05) is 13.8 Å². The van der Waals surface area contributed by atoms with Crippen molar-refractivity contribution in [3.63, 3.8) is 0 Å². The Morgan fingerprint density at radius 3 is 2.75 bits per heavy atom. The highest BCUT2D eigenvalue weighted by atomic mass is 31.1. The van der Waals surface area contributed by atoms with Crippen LogP contribution in [0.15, 0.2) is 0 Å². The van der Waals surface area contributed by atoms with Gasteiger partial charge in [-0.05, 0) is 5.92 Å². The van der Waals surface area contributed by atoms with Gasteiger partial charge in [-0.3, -0.25) is 9.40 Å². The van der Waals surface area contributed by atoms with Gasteiger partial charge in [-0.2, -0.15) is 0 Å². The van der Waals surface area contributed by atoms with Crippen molar-refractivity contribution in [2.24, 2.45) is 5.92 Å². The molecule has 0 radical (unpaired) electrons. The van der Waals surface area contributed by atoms with E-state index in [0.29, 0.717) is 12.5 Å². The molecule has 0 aliphatic carbocycles. The summed E-state index contributed by atoms with van der Waals surface area (Å²) in [6.45, 7) is 4.63. The second-order valence-electron chi connectivity index (χ2n) is 1.89. The minimum atomic E-state index is -0.172. The van der Waals surface area contributed by atoms with Crippen LogP contribution in [0.5, 0.6) is 0 Å². The first kappa shape index (κ1) is 8.02. The third kappa shape index (κ3) is 6.02. The highest BCUT2D eigenvalue weighted by molar-refractivity contribution is 7.20. The van der Waals surface area contributed by atoms with E-state index in [1.54, 1.807) is 0 Å². The molecule has 4 heteroatoms. The van der Waals surface area contributed by atoms with E-state index in [0.717, 1.165) is 0 Å². The van der Waals surface area contributed by atoms with Gasteiger partial charge in [-0.25, -0.2) is 0 Å². The molecular weight excluding hydrogens is 125 g/mol. The number of hydrogen-bond acceptors (Lipinski definition) is 2. The summed E-state index contributed by atoms with van der Waals surface area (Å²) in [5, 5.41) is 2.20. The lowest BCUT2D eigenvalue weighted by Gasteiger charge is -2.00. The van der Waals surface area contributed by atoms with Crippen LogP contribution in [0.1, 0.15) is 13.8 Å². The van der Waals surface area contributed by atoms with Crippen molar-refractivity contribution in [1.82, 2.24) is 5.25 Å². The van der Waals surface area contributed by atoms with Crippen LogP contribution in [-0.4, -0.2) is 6.61 Å². The molecule has 0 spiro atoms. The average Bonchev–Trinajstić information content (AvgIpc) is 1.66. The Morgan fingerprint density at radius 2 is 2.38 bits per heavy atom. The van der Waals surface area contributed by atoms with Gasteiger partial charge in [0.25, 0.3) is 8.61 Å². The van der Waals surface area contributed by atoms with Crippen molar-refractivity contribution in [2.45, 2.75) is 13.8 Å². The van der Waals surface area contributed by atoms with Crippen molar-refractivity contribution in [2.75, 3.05) is 6.61 Å². The van der Waals surface area contributed by atoms with Crippen LogP contribution in [0.3, 0.4) is 0 Å². The fourth-order valence-electron chi connectivity index (χ4n) is 0.230. The number of rotatable bonds is 4. The minimum Gasteiger partial charge on any atom is -0.291 e. The monoisotopic (exact) mass is 135 g/mol. The Morgan fingerprint density at radius 1 is 1.75 bits per heavy atom. The maximum atomic E-state index is 9.65. The first-order valence-electron chi connectivity index (χ1n) is 2.46. The smallest absolute Gasteiger partial charge is 0.271 e. The SMILES string of the molecule is CC(C)CONP=O. The highest BCUT2D eigenvalue weighted by Crippen LogP contribution is 1.91. The summed E-state index contributed by atoms with van der Waals surface area (Å²) in [7, 11) is -0.172. The molecule has 0 heterocycles. The second-order valence-corrected chi connectivity index (χ2v) is 2.25. The predicted molar refractivity (Wildman–Crippen MR) is 31.5 cm³/mol. The summed E-state index contributed by atoms with van der Waals surface area (Å²) in [4.78, 5) is 4.67.